The van der Waals surface area contributed by atoms with E-state index in [0.29, 0.717) is 11.5 Å². The third kappa shape index (κ3) is 4.67. The first-order valence-corrected chi connectivity index (χ1v) is 6.27. The number of benzene rings is 1. The molecule has 1 atom stereocenters. The SMILES string of the molecule is COc1cccc(CSC(CC(=O)O)C(=O)O)c1. The predicted molar refractivity (Wildman–Crippen MR) is 68.0 cm³/mol. The van der Waals surface area contributed by atoms with Crippen LogP contribution < -0.4 is 4.74 Å². The number of rotatable bonds is 7. The van der Waals surface area contributed by atoms with E-state index in [2.05, 4.69) is 0 Å². The summed E-state index contributed by atoms with van der Waals surface area (Å²) in [6.07, 6.45) is -0.385. The maximum absolute atomic E-state index is 10.9. The molecule has 0 aliphatic carbocycles. The highest BCUT2D eigenvalue weighted by Crippen LogP contribution is 2.23. The van der Waals surface area contributed by atoms with Crippen molar-refractivity contribution in [3.05, 3.63) is 29.8 Å². The minimum absolute atomic E-state index is 0.385. The molecule has 0 spiro atoms. The Morgan fingerprint density at radius 3 is 2.67 bits per heavy atom. The Morgan fingerprint density at radius 1 is 1.39 bits per heavy atom. The molecule has 0 aliphatic rings. The monoisotopic (exact) mass is 270 g/mol. The number of thioether (sulfide) groups is 1. The Hall–Kier alpha value is -1.69. The average molecular weight is 270 g/mol. The van der Waals surface area contributed by atoms with Gasteiger partial charge in [0.2, 0.25) is 0 Å². The van der Waals surface area contributed by atoms with Gasteiger partial charge in [-0.05, 0) is 17.7 Å². The van der Waals surface area contributed by atoms with Crippen LogP contribution in [0.25, 0.3) is 0 Å². The highest BCUT2D eigenvalue weighted by Gasteiger charge is 2.21. The lowest BCUT2D eigenvalue weighted by Crippen LogP contribution is -2.20. The molecule has 0 aliphatic heterocycles. The van der Waals surface area contributed by atoms with Crippen molar-refractivity contribution in [2.75, 3.05) is 7.11 Å². The molecule has 0 radical (unpaired) electrons. The number of hydrogen-bond acceptors (Lipinski definition) is 4. The third-order valence-corrected chi connectivity index (χ3v) is 3.49. The van der Waals surface area contributed by atoms with Crippen molar-refractivity contribution in [1.82, 2.24) is 0 Å². The fourth-order valence-electron chi connectivity index (χ4n) is 1.34. The first kappa shape index (κ1) is 14.4. The van der Waals surface area contributed by atoms with E-state index in [1.165, 1.54) is 0 Å². The van der Waals surface area contributed by atoms with Crippen molar-refractivity contribution in [2.45, 2.75) is 17.4 Å². The van der Waals surface area contributed by atoms with E-state index in [1.807, 2.05) is 12.1 Å². The largest absolute Gasteiger partial charge is 0.497 e. The first-order chi connectivity index (χ1) is 8.52. The Labute approximate surface area is 109 Å². The molecule has 98 valence electrons. The molecule has 2 N–H and O–H groups in total. The summed E-state index contributed by atoms with van der Waals surface area (Å²) >= 11 is 1.09. The van der Waals surface area contributed by atoms with Gasteiger partial charge in [0.25, 0.3) is 0 Å². The van der Waals surface area contributed by atoms with Crippen LogP contribution in [-0.4, -0.2) is 34.5 Å². The molecule has 18 heavy (non-hydrogen) atoms. The maximum Gasteiger partial charge on any atom is 0.317 e. The fraction of sp³-hybridized carbons (Fsp3) is 0.333. The van der Waals surface area contributed by atoms with Crippen LogP contribution in [0.15, 0.2) is 24.3 Å². The van der Waals surface area contributed by atoms with Crippen molar-refractivity contribution in [1.29, 1.82) is 0 Å². The molecular weight excluding hydrogens is 256 g/mol. The molecule has 1 unspecified atom stereocenters. The molecule has 0 fully saturated rings. The maximum atomic E-state index is 10.9. The fourth-order valence-corrected chi connectivity index (χ4v) is 2.31. The lowest BCUT2D eigenvalue weighted by molar-refractivity contribution is -0.142. The van der Waals surface area contributed by atoms with Crippen LogP contribution in [0.4, 0.5) is 0 Å². The van der Waals surface area contributed by atoms with Crippen LogP contribution in [0.1, 0.15) is 12.0 Å². The number of carboxylic acids is 2. The lowest BCUT2D eigenvalue weighted by Gasteiger charge is -2.10. The zero-order valence-corrected chi connectivity index (χ0v) is 10.6. The Kier molecular flexibility index (Phi) is 5.51. The molecule has 0 aromatic heterocycles. The summed E-state index contributed by atoms with van der Waals surface area (Å²) in [5, 5.41) is 16.6. The molecule has 6 heteroatoms. The molecule has 0 amide bonds. The van der Waals surface area contributed by atoms with E-state index in [4.69, 9.17) is 14.9 Å². The molecule has 1 aromatic rings. The number of methoxy groups -OCH3 is 1. The predicted octanol–water partition coefficient (Wildman–Crippen LogP) is 1.86. The van der Waals surface area contributed by atoms with Gasteiger partial charge in [0.15, 0.2) is 0 Å². The summed E-state index contributed by atoms with van der Waals surface area (Å²) in [5.74, 6) is -1.09. The smallest absolute Gasteiger partial charge is 0.317 e. The third-order valence-electron chi connectivity index (χ3n) is 2.22. The second-order valence-corrected chi connectivity index (χ2v) is 4.78. The summed E-state index contributed by atoms with van der Waals surface area (Å²) in [7, 11) is 1.55. The van der Waals surface area contributed by atoms with E-state index >= 15 is 0 Å². The Morgan fingerprint density at radius 2 is 2.11 bits per heavy atom. The van der Waals surface area contributed by atoms with Crippen LogP contribution in [0, 0.1) is 0 Å². The van der Waals surface area contributed by atoms with E-state index in [0.717, 1.165) is 17.3 Å². The summed E-state index contributed by atoms with van der Waals surface area (Å²) < 4.78 is 5.05. The molecule has 0 bridgehead atoms. The molecule has 0 heterocycles. The minimum Gasteiger partial charge on any atom is -0.497 e. The van der Waals surface area contributed by atoms with Crippen LogP contribution in [0.3, 0.4) is 0 Å². The molecule has 1 rings (SSSR count). The van der Waals surface area contributed by atoms with E-state index < -0.39 is 17.2 Å². The molecule has 0 saturated carbocycles. The van der Waals surface area contributed by atoms with Crippen molar-refractivity contribution in [3.63, 3.8) is 0 Å². The van der Waals surface area contributed by atoms with Crippen LogP contribution in [0.5, 0.6) is 5.75 Å². The van der Waals surface area contributed by atoms with Gasteiger partial charge in [-0.2, -0.15) is 0 Å². The molecule has 0 saturated heterocycles. The Balaban J connectivity index is 2.60. The Bertz CT molecular complexity index is 432. The first-order valence-electron chi connectivity index (χ1n) is 5.22. The highest BCUT2D eigenvalue weighted by atomic mass is 32.2. The van der Waals surface area contributed by atoms with Gasteiger partial charge < -0.3 is 14.9 Å². The standard InChI is InChI=1S/C12H14O5S/c1-17-9-4-2-3-8(5-9)7-18-10(12(15)16)6-11(13)14/h2-5,10H,6-7H2,1H3,(H,13,14)(H,15,16). The van der Waals surface area contributed by atoms with Gasteiger partial charge in [0.05, 0.1) is 13.5 Å². The number of carboxylic acid groups (broad SMARTS) is 2. The number of aliphatic carboxylic acids is 2. The van der Waals surface area contributed by atoms with E-state index in [-0.39, 0.29) is 6.42 Å². The normalized spacial score (nSPS) is 11.8. The lowest BCUT2D eigenvalue weighted by atomic mass is 10.2. The van der Waals surface area contributed by atoms with Gasteiger partial charge in [0.1, 0.15) is 11.0 Å². The summed E-state index contributed by atoms with van der Waals surface area (Å²) in [4.78, 5) is 21.4. The molecular formula is C12H14O5S. The van der Waals surface area contributed by atoms with Crippen LogP contribution in [-0.2, 0) is 15.3 Å². The van der Waals surface area contributed by atoms with Crippen molar-refractivity contribution < 1.29 is 24.5 Å². The van der Waals surface area contributed by atoms with E-state index in [9.17, 15) is 9.59 Å². The summed E-state index contributed by atoms with van der Waals surface area (Å²) in [5.41, 5.74) is 0.899. The number of carbonyl (C=O) groups is 2. The van der Waals surface area contributed by atoms with Crippen molar-refractivity contribution >= 4 is 23.7 Å². The van der Waals surface area contributed by atoms with Gasteiger partial charge in [0, 0.05) is 5.75 Å². The average Bonchev–Trinajstić information content (AvgIpc) is 2.34. The summed E-state index contributed by atoms with van der Waals surface area (Å²) in [6, 6.07) is 7.24. The minimum atomic E-state index is -1.11. The second kappa shape index (κ2) is 6.90. The van der Waals surface area contributed by atoms with Gasteiger partial charge in [-0.1, -0.05) is 12.1 Å². The second-order valence-electron chi connectivity index (χ2n) is 3.59. The molecule has 5 nitrogen and oxygen atoms in total. The molecule has 1 aromatic carbocycles. The van der Waals surface area contributed by atoms with E-state index in [1.54, 1.807) is 19.2 Å². The van der Waals surface area contributed by atoms with Crippen LogP contribution >= 0.6 is 11.8 Å². The van der Waals surface area contributed by atoms with Gasteiger partial charge in [-0.25, -0.2) is 0 Å². The highest BCUT2D eigenvalue weighted by molar-refractivity contribution is 7.99. The zero-order chi connectivity index (χ0) is 13.5. The van der Waals surface area contributed by atoms with Gasteiger partial charge in [-0.15, -0.1) is 11.8 Å². The summed E-state index contributed by atoms with van der Waals surface area (Å²) in [6.45, 7) is 0. The number of hydrogen-bond donors (Lipinski definition) is 2. The van der Waals surface area contributed by atoms with Crippen molar-refractivity contribution in [3.8, 4) is 5.75 Å². The quantitative estimate of drug-likeness (QED) is 0.786. The topological polar surface area (TPSA) is 83.8 Å². The van der Waals surface area contributed by atoms with Gasteiger partial charge in [-0.3, -0.25) is 9.59 Å². The van der Waals surface area contributed by atoms with Crippen molar-refractivity contribution in [2.24, 2.45) is 0 Å². The number of ether oxygens (including phenoxy) is 1. The van der Waals surface area contributed by atoms with Crippen LogP contribution in [0.2, 0.25) is 0 Å². The zero-order valence-electron chi connectivity index (χ0n) is 9.83. The van der Waals surface area contributed by atoms with Gasteiger partial charge >= 0.3 is 11.9 Å².